The number of carbonyl (C=O) groups excluding carboxylic acids is 2. The molecule has 2 aromatic rings. The van der Waals surface area contributed by atoms with Gasteiger partial charge >= 0.3 is 6.09 Å². The number of hydrogen-bond acceptors (Lipinski definition) is 5. The number of carbonyl (C=O) groups is 2. The van der Waals surface area contributed by atoms with Gasteiger partial charge in [-0.2, -0.15) is 5.10 Å². The highest BCUT2D eigenvalue weighted by atomic mass is 16.6. The van der Waals surface area contributed by atoms with Gasteiger partial charge in [0.1, 0.15) is 12.1 Å². The first-order valence-corrected chi connectivity index (χ1v) is 11.2. The second kappa shape index (κ2) is 9.30. The van der Waals surface area contributed by atoms with Crippen molar-refractivity contribution in [3.8, 4) is 0 Å². The number of alkyl carbamates (subject to hydrolysis) is 1. The zero-order valence-electron chi connectivity index (χ0n) is 19.7. The van der Waals surface area contributed by atoms with Gasteiger partial charge in [0, 0.05) is 11.9 Å². The monoisotopic (exact) mass is 442 g/mol. The molecule has 8 heteroatoms. The summed E-state index contributed by atoms with van der Waals surface area (Å²) in [6.07, 6.45) is 3.22. The van der Waals surface area contributed by atoms with Gasteiger partial charge in [0.15, 0.2) is 0 Å². The third kappa shape index (κ3) is 5.47. The molecule has 1 heterocycles. The number of nitrogens with one attached hydrogen (secondary N) is 2. The predicted molar refractivity (Wildman–Crippen MR) is 123 cm³/mol. The molecule has 2 N–H and O–H groups in total. The van der Waals surface area contributed by atoms with Gasteiger partial charge in [0.2, 0.25) is 5.91 Å². The summed E-state index contributed by atoms with van der Waals surface area (Å²) in [6.45, 7) is 9.43. The lowest BCUT2D eigenvalue weighted by Gasteiger charge is -2.43. The zero-order chi connectivity index (χ0) is 23.5. The molecule has 2 atom stereocenters. The number of benzene rings is 1. The number of aromatic nitrogens is 2. The van der Waals surface area contributed by atoms with E-state index in [1.807, 2.05) is 39.8 Å². The lowest BCUT2D eigenvalue weighted by atomic mass is 9.73. The topological polar surface area (TPSA) is 102 Å². The Balaban J connectivity index is 1.77. The summed E-state index contributed by atoms with van der Waals surface area (Å²) >= 11 is 0. The van der Waals surface area contributed by atoms with Crippen molar-refractivity contribution in [2.45, 2.75) is 78.0 Å². The largest absolute Gasteiger partial charge is 0.444 e. The summed E-state index contributed by atoms with van der Waals surface area (Å²) in [6, 6.07) is 7.26. The van der Waals surface area contributed by atoms with Gasteiger partial charge in [-0.05, 0) is 52.5 Å². The van der Waals surface area contributed by atoms with Crippen LogP contribution in [0, 0.1) is 12.8 Å². The number of rotatable bonds is 5. The maximum atomic E-state index is 13.0. The van der Waals surface area contributed by atoms with Crippen molar-refractivity contribution < 1.29 is 14.3 Å². The maximum Gasteiger partial charge on any atom is 0.407 e. The lowest BCUT2D eigenvalue weighted by molar-refractivity contribution is -0.125. The van der Waals surface area contributed by atoms with E-state index < -0.39 is 17.2 Å². The smallest absolute Gasteiger partial charge is 0.407 e. The minimum absolute atomic E-state index is 0.165. The first kappa shape index (κ1) is 23.8. The van der Waals surface area contributed by atoms with Crippen molar-refractivity contribution >= 4 is 22.8 Å². The van der Waals surface area contributed by atoms with Crippen LogP contribution < -0.4 is 16.2 Å². The summed E-state index contributed by atoms with van der Waals surface area (Å²) in [7, 11) is 0. The molecule has 174 valence electrons. The molecule has 0 aliphatic heterocycles. The number of aryl methyl sites for hydroxylation is 1. The van der Waals surface area contributed by atoms with Crippen molar-refractivity contribution in [3.05, 3.63) is 40.3 Å². The number of hydrogen-bond donors (Lipinski definition) is 2. The average molecular weight is 443 g/mol. The van der Waals surface area contributed by atoms with E-state index in [4.69, 9.17) is 4.74 Å². The Morgan fingerprint density at radius 1 is 1.22 bits per heavy atom. The molecule has 1 saturated carbocycles. The van der Waals surface area contributed by atoms with E-state index in [-0.39, 0.29) is 30.5 Å². The molecule has 1 fully saturated rings. The molecule has 1 aromatic heterocycles. The SMILES string of the molecule is Cc1nn(CC(=O)N[C@@]2(CNC(=O)OC(C)(C)C)CCCC[C@H]2C)c(=O)c2ccccc12. The van der Waals surface area contributed by atoms with Gasteiger partial charge in [0.25, 0.3) is 5.56 Å². The van der Waals surface area contributed by atoms with Crippen LogP contribution in [0.5, 0.6) is 0 Å². The van der Waals surface area contributed by atoms with Crippen LogP contribution in [0.1, 0.15) is 59.1 Å². The Morgan fingerprint density at radius 3 is 2.56 bits per heavy atom. The third-order valence-electron chi connectivity index (χ3n) is 6.13. The van der Waals surface area contributed by atoms with Gasteiger partial charge in [-0.3, -0.25) is 9.59 Å². The van der Waals surface area contributed by atoms with Crippen molar-refractivity contribution in [2.24, 2.45) is 5.92 Å². The molecule has 0 spiro atoms. The van der Waals surface area contributed by atoms with Gasteiger partial charge in [-0.15, -0.1) is 0 Å². The molecule has 3 rings (SSSR count). The van der Waals surface area contributed by atoms with Crippen LogP contribution in [0.25, 0.3) is 10.8 Å². The van der Waals surface area contributed by atoms with E-state index in [1.54, 1.807) is 12.1 Å². The van der Waals surface area contributed by atoms with Crippen LogP contribution in [0.15, 0.2) is 29.1 Å². The summed E-state index contributed by atoms with van der Waals surface area (Å²) in [5.41, 5.74) is -0.791. The average Bonchev–Trinajstić information content (AvgIpc) is 2.71. The molecule has 0 bridgehead atoms. The molecule has 1 aliphatic rings. The second-order valence-corrected chi connectivity index (χ2v) is 9.80. The Morgan fingerprint density at radius 2 is 1.91 bits per heavy atom. The Labute approximate surface area is 188 Å². The van der Waals surface area contributed by atoms with Crippen molar-refractivity contribution in [2.75, 3.05) is 6.54 Å². The van der Waals surface area contributed by atoms with E-state index in [9.17, 15) is 14.4 Å². The van der Waals surface area contributed by atoms with Crippen molar-refractivity contribution in [1.29, 1.82) is 0 Å². The summed E-state index contributed by atoms with van der Waals surface area (Å²) in [5.74, 6) is -0.132. The van der Waals surface area contributed by atoms with Gasteiger partial charge in [-0.1, -0.05) is 38.0 Å². The Kier molecular flexibility index (Phi) is 6.91. The van der Waals surface area contributed by atoms with E-state index in [1.165, 1.54) is 4.68 Å². The zero-order valence-corrected chi connectivity index (χ0v) is 19.7. The van der Waals surface area contributed by atoms with Crippen LogP contribution in [-0.4, -0.2) is 39.5 Å². The molecular weight excluding hydrogens is 408 g/mol. The highest BCUT2D eigenvalue weighted by Gasteiger charge is 2.40. The van der Waals surface area contributed by atoms with E-state index in [2.05, 4.69) is 22.7 Å². The standard InChI is InChI=1S/C24H34N4O4/c1-16-10-8-9-13-24(16,15-25-22(31)32-23(3,4)5)26-20(29)14-28-21(30)19-12-7-6-11-18(19)17(2)27-28/h6-7,11-12,16H,8-10,13-15H2,1-5H3,(H,25,31)(H,26,29)/t16-,24-/m1/s1. The highest BCUT2D eigenvalue weighted by Crippen LogP contribution is 2.33. The molecular formula is C24H34N4O4. The molecule has 1 aromatic carbocycles. The number of nitrogens with zero attached hydrogens (tertiary/aromatic N) is 2. The minimum atomic E-state index is -0.598. The molecule has 0 radical (unpaired) electrons. The van der Waals surface area contributed by atoms with Gasteiger partial charge < -0.3 is 15.4 Å². The van der Waals surface area contributed by atoms with E-state index >= 15 is 0 Å². The Bertz CT molecular complexity index is 1060. The van der Waals surface area contributed by atoms with Gasteiger partial charge in [-0.25, -0.2) is 9.48 Å². The van der Waals surface area contributed by atoms with Crippen LogP contribution >= 0.6 is 0 Å². The highest BCUT2D eigenvalue weighted by molar-refractivity contribution is 5.84. The maximum absolute atomic E-state index is 13.0. The molecule has 0 saturated heterocycles. The summed E-state index contributed by atoms with van der Waals surface area (Å²) < 4.78 is 6.58. The van der Waals surface area contributed by atoms with Crippen LogP contribution in [0.4, 0.5) is 4.79 Å². The van der Waals surface area contributed by atoms with Crippen molar-refractivity contribution in [1.82, 2.24) is 20.4 Å². The first-order chi connectivity index (χ1) is 15.0. The van der Waals surface area contributed by atoms with Crippen LogP contribution in [0.2, 0.25) is 0 Å². The fourth-order valence-electron chi connectivity index (χ4n) is 4.42. The molecule has 1 aliphatic carbocycles. The normalized spacial score (nSPS) is 21.2. The third-order valence-corrected chi connectivity index (χ3v) is 6.13. The van der Waals surface area contributed by atoms with Crippen LogP contribution in [0.3, 0.4) is 0 Å². The fourth-order valence-corrected chi connectivity index (χ4v) is 4.42. The first-order valence-electron chi connectivity index (χ1n) is 11.2. The lowest BCUT2D eigenvalue weighted by Crippen LogP contribution is -2.61. The number of fused-ring (bicyclic) bond motifs is 1. The predicted octanol–water partition coefficient (Wildman–Crippen LogP) is 3.29. The van der Waals surface area contributed by atoms with E-state index in [0.717, 1.165) is 31.1 Å². The molecule has 2 amide bonds. The summed E-state index contributed by atoms with van der Waals surface area (Å²) in [5, 5.41) is 11.6. The minimum Gasteiger partial charge on any atom is -0.444 e. The number of ether oxygens (including phenoxy) is 1. The van der Waals surface area contributed by atoms with Gasteiger partial charge in [0.05, 0.1) is 16.6 Å². The van der Waals surface area contributed by atoms with Crippen LogP contribution in [-0.2, 0) is 16.1 Å². The Hall–Kier alpha value is -2.90. The molecule has 8 nitrogen and oxygen atoms in total. The molecule has 32 heavy (non-hydrogen) atoms. The quantitative estimate of drug-likeness (QED) is 0.740. The summed E-state index contributed by atoms with van der Waals surface area (Å²) in [4.78, 5) is 38.1. The second-order valence-electron chi connectivity index (χ2n) is 9.80. The fraction of sp³-hybridized carbons (Fsp3) is 0.583. The molecule has 0 unspecified atom stereocenters. The number of amides is 2. The van der Waals surface area contributed by atoms with Crippen molar-refractivity contribution in [3.63, 3.8) is 0 Å². The van der Waals surface area contributed by atoms with E-state index in [0.29, 0.717) is 11.1 Å².